The van der Waals surface area contributed by atoms with Crippen molar-refractivity contribution in [3.8, 4) is 16.3 Å². The normalized spacial score (nSPS) is 10.7. The summed E-state index contributed by atoms with van der Waals surface area (Å²) in [6.07, 6.45) is 2.01. The Morgan fingerprint density at radius 1 is 1.23 bits per heavy atom. The van der Waals surface area contributed by atoms with E-state index in [0.29, 0.717) is 24.5 Å². The molecule has 2 aromatic heterocycles. The van der Waals surface area contributed by atoms with E-state index in [1.165, 1.54) is 0 Å². The lowest BCUT2D eigenvalue weighted by molar-refractivity contribution is 0.304. The number of halogens is 2. The SMILES string of the molecule is CCCCOc1c(CN)n(CC(C)C)c(=O)c2ccc(-c3nc(C)cs3)cc12.Cl.Cl. The van der Waals surface area contributed by atoms with Gasteiger partial charge in [0.2, 0.25) is 0 Å². The number of pyridine rings is 1. The summed E-state index contributed by atoms with van der Waals surface area (Å²) in [7, 11) is 0. The Morgan fingerprint density at radius 2 is 1.97 bits per heavy atom. The van der Waals surface area contributed by atoms with Crippen molar-refractivity contribution in [1.82, 2.24) is 9.55 Å². The van der Waals surface area contributed by atoms with E-state index in [4.69, 9.17) is 10.5 Å². The molecule has 3 aromatic rings. The third-order valence-corrected chi connectivity index (χ3v) is 5.69. The molecule has 0 spiro atoms. The summed E-state index contributed by atoms with van der Waals surface area (Å²) < 4.78 is 7.99. The van der Waals surface area contributed by atoms with Gasteiger partial charge in [0, 0.05) is 35.1 Å². The predicted molar refractivity (Wildman–Crippen MR) is 132 cm³/mol. The fourth-order valence-corrected chi connectivity index (χ4v) is 4.12. The van der Waals surface area contributed by atoms with Crippen LogP contribution in [-0.2, 0) is 13.1 Å². The molecule has 3 rings (SSSR count). The van der Waals surface area contributed by atoms with Gasteiger partial charge < -0.3 is 15.0 Å². The summed E-state index contributed by atoms with van der Waals surface area (Å²) in [6, 6.07) is 5.89. The number of nitrogens with zero attached hydrogens (tertiary/aromatic N) is 2. The molecule has 30 heavy (non-hydrogen) atoms. The van der Waals surface area contributed by atoms with Crippen LogP contribution in [0.3, 0.4) is 0 Å². The minimum absolute atomic E-state index is 0. The summed E-state index contributed by atoms with van der Waals surface area (Å²) in [4.78, 5) is 17.8. The number of rotatable bonds is 8. The Bertz CT molecular complexity index is 1030. The quantitative estimate of drug-likeness (QED) is 0.435. The molecule has 8 heteroatoms. The van der Waals surface area contributed by atoms with Gasteiger partial charge in [0.25, 0.3) is 5.56 Å². The fraction of sp³-hybridized carbons (Fsp3) is 0.455. The van der Waals surface area contributed by atoms with E-state index in [1.54, 1.807) is 15.9 Å². The standard InChI is InChI=1S/C22H29N3O2S.2ClH/c1-5-6-9-27-20-18-10-16(21-24-15(4)13-28-21)7-8-17(18)22(26)25(12-14(2)3)19(20)11-23;;/h7-8,10,13-14H,5-6,9,11-12,23H2,1-4H3;2*1H. The number of aromatic nitrogens is 2. The van der Waals surface area contributed by atoms with Gasteiger partial charge in [-0.05, 0) is 31.4 Å². The summed E-state index contributed by atoms with van der Waals surface area (Å²) in [5.41, 5.74) is 8.85. The molecule has 0 unspecified atom stereocenters. The molecule has 0 radical (unpaired) electrons. The lowest BCUT2D eigenvalue weighted by atomic mass is 10.1. The van der Waals surface area contributed by atoms with Crippen molar-refractivity contribution in [2.24, 2.45) is 11.7 Å². The van der Waals surface area contributed by atoms with Crippen molar-refractivity contribution in [2.45, 2.75) is 53.6 Å². The number of unbranched alkanes of at least 4 members (excludes halogenated alkanes) is 1. The highest BCUT2D eigenvalue weighted by molar-refractivity contribution is 7.13. The van der Waals surface area contributed by atoms with E-state index >= 15 is 0 Å². The van der Waals surface area contributed by atoms with Gasteiger partial charge in [-0.3, -0.25) is 4.79 Å². The number of hydrogen-bond donors (Lipinski definition) is 1. The number of thiazole rings is 1. The molecule has 0 atom stereocenters. The first kappa shape index (κ1) is 26.4. The van der Waals surface area contributed by atoms with Crippen molar-refractivity contribution in [1.29, 1.82) is 0 Å². The van der Waals surface area contributed by atoms with Crippen LogP contribution >= 0.6 is 36.2 Å². The average Bonchev–Trinajstić information content (AvgIpc) is 3.11. The molecule has 0 fully saturated rings. The second-order valence-electron chi connectivity index (χ2n) is 7.55. The van der Waals surface area contributed by atoms with E-state index in [9.17, 15) is 4.79 Å². The number of benzene rings is 1. The highest BCUT2D eigenvalue weighted by Gasteiger charge is 2.19. The maximum Gasteiger partial charge on any atom is 0.258 e. The first-order chi connectivity index (χ1) is 13.5. The first-order valence-corrected chi connectivity index (χ1v) is 10.8. The van der Waals surface area contributed by atoms with Gasteiger partial charge in [0.1, 0.15) is 10.8 Å². The summed E-state index contributed by atoms with van der Waals surface area (Å²) >= 11 is 1.60. The zero-order chi connectivity index (χ0) is 20.3. The topological polar surface area (TPSA) is 70.1 Å². The molecular weight excluding hydrogens is 441 g/mol. The van der Waals surface area contributed by atoms with Crippen molar-refractivity contribution in [3.63, 3.8) is 0 Å². The molecule has 2 heterocycles. The molecule has 0 aliphatic heterocycles. The summed E-state index contributed by atoms with van der Waals surface area (Å²) in [6.45, 7) is 9.81. The average molecular weight is 472 g/mol. The van der Waals surface area contributed by atoms with Crippen LogP contribution in [-0.4, -0.2) is 16.2 Å². The maximum absolute atomic E-state index is 13.2. The van der Waals surface area contributed by atoms with E-state index in [1.807, 2.05) is 30.5 Å². The Morgan fingerprint density at radius 3 is 2.53 bits per heavy atom. The van der Waals surface area contributed by atoms with Gasteiger partial charge in [-0.2, -0.15) is 0 Å². The summed E-state index contributed by atoms with van der Waals surface area (Å²) in [5.74, 6) is 1.07. The molecule has 0 aliphatic rings. The van der Waals surface area contributed by atoms with Crippen LogP contribution in [0, 0.1) is 12.8 Å². The molecule has 0 aliphatic carbocycles. The Kier molecular flexibility index (Phi) is 10.3. The molecular formula is C22H31Cl2N3O2S. The third-order valence-electron chi connectivity index (χ3n) is 4.68. The number of hydrogen-bond acceptors (Lipinski definition) is 5. The van der Waals surface area contributed by atoms with E-state index < -0.39 is 0 Å². The van der Waals surface area contributed by atoms with Crippen molar-refractivity contribution in [3.05, 3.63) is 45.3 Å². The van der Waals surface area contributed by atoms with Crippen molar-refractivity contribution >= 4 is 46.9 Å². The Labute approximate surface area is 194 Å². The molecule has 2 N–H and O–H groups in total. The highest BCUT2D eigenvalue weighted by Crippen LogP contribution is 2.33. The minimum Gasteiger partial charge on any atom is -0.491 e. The number of fused-ring (bicyclic) bond motifs is 1. The number of nitrogens with two attached hydrogens (primary N) is 1. The van der Waals surface area contributed by atoms with Crippen molar-refractivity contribution < 1.29 is 4.74 Å². The molecule has 0 bridgehead atoms. The highest BCUT2D eigenvalue weighted by atomic mass is 35.5. The van der Waals surface area contributed by atoms with Crippen LogP contribution in [0.4, 0.5) is 0 Å². The van der Waals surface area contributed by atoms with Crippen LogP contribution in [0.2, 0.25) is 0 Å². The van der Waals surface area contributed by atoms with Crippen molar-refractivity contribution in [2.75, 3.05) is 6.61 Å². The number of aryl methyl sites for hydroxylation is 1. The lowest BCUT2D eigenvalue weighted by Gasteiger charge is -2.20. The van der Waals surface area contributed by atoms with E-state index in [0.717, 1.165) is 45.9 Å². The monoisotopic (exact) mass is 471 g/mol. The van der Waals surface area contributed by atoms with E-state index in [2.05, 4.69) is 25.8 Å². The third kappa shape index (κ3) is 5.55. The number of ether oxygens (including phenoxy) is 1. The molecule has 1 aromatic carbocycles. The lowest BCUT2D eigenvalue weighted by Crippen LogP contribution is -2.28. The fourth-order valence-electron chi connectivity index (χ4n) is 3.32. The van der Waals surface area contributed by atoms with Gasteiger partial charge in [-0.1, -0.05) is 33.3 Å². The van der Waals surface area contributed by atoms with Gasteiger partial charge in [0.15, 0.2) is 0 Å². The van der Waals surface area contributed by atoms with Crippen LogP contribution in [0.1, 0.15) is 45.0 Å². The molecule has 0 saturated carbocycles. The Balaban J connectivity index is 0.00000225. The summed E-state index contributed by atoms with van der Waals surface area (Å²) in [5, 5.41) is 4.47. The zero-order valence-corrected chi connectivity index (χ0v) is 20.4. The van der Waals surface area contributed by atoms with Crippen LogP contribution < -0.4 is 16.0 Å². The van der Waals surface area contributed by atoms with Gasteiger partial charge in [0.05, 0.1) is 17.7 Å². The largest absolute Gasteiger partial charge is 0.491 e. The first-order valence-electron chi connectivity index (χ1n) is 9.91. The smallest absolute Gasteiger partial charge is 0.258 e. The second kappa shape index (κ2) is 11.7. The molecule has 166 valence electrons. The second-order valence-corrected chi connectivity index (χ2v) is 8.40. The molecule has 0 saturated heterocycles. The van der Waals surface area contributed by atoms with Crippen LogP contribution in [0.15, 0.2) is 28.4 Å². The van der Waals surface area contributed by atoms with Crippen LogP contribution in [0.5, 0.6) is 5.75 Å². The van der Waals surface area contributed by atoms with Gasteiger partial charge in [-0.25, -0.2) is 4.98 Å². The molecule has 5 nitrogen and oxygen atoms in total. The van der Waals surface area contributed by atoms with Gasteiger partial charge in [-0.15, -0.1) is 36.2 Å². The van der Waals surface area contributed by atoms with Crippen LogP contribution in [0.25, 0.3) is 21.3 Å². The van der Waals surface area contributed by atoms with Gasteiger partial charge >= 0.3 is 0 Å². The molecule has 0 amide bonds. The maximum atomic E-state index is 13.2. The Hall–Kier alpha value is -1.60. The predicted octanol–water partition coefficient (Wildman–Crippen LogP) is 5.57. The van der Waals surface area contributed by atoms with E-state index in [-0.39, 0.29) is 36.9 Å². The minimum atomic E-state index is -0.00568. The zero-order valence-electron chi connectivity index (χ0n) is 17.9.